The highest BCUT2D eigenvalue weighted by atomic mass is 16.5. The van der Waals surface area contributed by atoms with Crippen molar-refractivity contribution in [3.05, 3.63) is 29.3 Å². The van der Waals surface area contributed by atoms with Crippen LogP contribution < -0.4 is 0 Å². The van der Waals surface area contributed by atoms with Gasteiger partial charge in [-0.25, -0.2) is 0 Å². The average molecular weight is 216 g/mol. The Labute approximate surface area is 92.9 Å². The molecule has 1 heterocycles. The molecule has 1 aliphatic carbocycles. The zero-order valence-electron chi connectivity index (χ0n) is 8.97. The van der Waals surface area contributed by atoms with Crippen LogP contribution in [0.4, 0.5) is 0 Å². The summed E-state index contributed by atoms with van der Waals surface area (Å²) in [6.07, 6.45) is 2.20. The van der Waals surface area contributed by atoms with E-state index in [-0.39, 0.29) is 6.08 Å². The van der Waals surface area contributed by atoms with Crippen molar-refractivity contribution >= 4 is 0 Å². The summed E-state index contributed by atoms with van der Waals surface area (Å²) in [5, 5.41) is 16.2. The predicted molar refractivity (Wildman–Crippen MR) is 58.1 cm³/mol. The van der Waals surface area contributed by atoms with Gasteiger partial charge in [0.25, 0.3) is 5.89 Å². The fourth-order valence-electron chi connectivity index (χ4n) is 1.99. The molecule has 0 saturated heterocycles. The van der Waals surface area contributed by atoms with Gasteiger partial charge in [-0.05, 0) is 48.9 Å². The summed E-state index contributed by atoms with van der Waals surface area (Å²) in [4.78, 5) is 0. The summed E-state index contributed by atoms with van der Waals surface area (Å²) in [5.74, 6) is 1.10. The lowest BCUT2D eigenvalue weighted by Crippen LogP contribution is -1.87. The van der Waals surface area contributed by atoms with Gasteiger partial charge >= 0.3 is 6.08 Å². The van der Waals surface area contributed by atoms with Crippen LogP contribution in [0.5, 0.6) is 6.08 Å². The van der Waals surface area contributed by atoms with Gasteiger partial charge in [-0.1, -0.05) is 11.2 Å². The van der Waals surface area contributed by atoms with Crippen LogP contribution in [0.25, 0.3) is 11.5 Å². The molecule has 0 aliphatic heterocycles. The van der Waals surface area contributed by atoms with E-state index >= 15 is 0 Å². The Balaban J connectivity index is 1.99. The zero-order valence-corrected chi connectivity index (χ0v) is 8.97. The molecule has 4 heteroatoms. The smallest absolute Gasteiger partial charge is 0.412 e. The van der Waals surface area contributed by atoms with Crippen molar-refractivity contribution in [2.45, 2.75) is 25.7 Å². The quantitative estimate of drug-likeness (QED) is 0.838. The molecule has 4 nitrogen and oxygen atoms in total. The fourth-order valence-corrected chi connectivity index (χ4v) is 1.99. The van der Waals surface area contributed by atoms with Gasteiger partial charge in [-0.15, -0.1) is 5.10 Å². The molecule has 1 aromatic heterocycles. The zero-order chi connectivity index (χ0) is 11.1. The van der Waals surface area contributed by atoms with Crippen LogP contribution in [-0.4, -0.2) is 15.3 Å². The van der Waals surface area contributed by atoms with Crippen molar-refractivity contribution in [2.75, 3.05) is 0 Å². The van der Waals surface area contributed by atoms with E-state index in [0.717, 1.165) is 11.5 Å². The van der Waals surface area contributed by atoms with E-state index in [1.54, 1.807) is 0 Å². The van der Waals surface area contributed by atoms with Crippen molar-refractivity contribution in [1.29, 1.82) is 0 Å². The number of nitrogens with zero attached hydrogens (tertiary/aromatic N) is 2. The molecule has 1 aromatic carbocycles. The van der Waals surface area contributed by atoms with Crippen LogP contribution in [0.2, 0.25) is 0 Å². The molecule has 0 atom stereocenters. The number of hydrogen-bond donors (Lipinski definition) is 1. The van der Waals surface area contributed by atoms with Crippen molar-refractivity contribution in [3.8, 4) is 17.5 Å². The van der Waals surface area contributed by atoms with E-state index in [4.69, 9.17) is 9.52 Å². The fraction of sp³-hybridized carbons (Fsp3) is 0.333. The van der Waals surface area contributed by atoms with Gasteiger partial charge in [0, 0.05) is 5.56 Å². The lowest BCUT2D eigenvalue weighted by Gasteiger charge is -2.04. The maximum atomic E-state index is 9.00. The third-order valence-electron chi connectivity index (χ3n) is 2.95. The van der Waals surface area contributed by atoms with Crippen molar-refractivity contribution < 1.29 is 9.52 Å². The summed E-state index contributed by atoms with van der Waals surface area (Å²) in [6.45, 7) is 2.09. The first-order chi connectivity index (χ1) is 7.74. The Morgan fingerprint density at radius 1 is 1.31 bits per heavy atom. The molecule has 0 radical (unpaired) electrons. The molecule has 0 spiro atoms. The molecule has 0 amide bonds. The molecule has 1 N–H and O–H groups in total. The summed E-state index contributed by atoms with van der Waals surface area (Å²) >= 11 is 0. The van der Waals surface area contributed by atoms with Crippen LogP contribution in [-0.2, 0) is 0 Å². The van der Waals surface area contributed by atoms with Crippen molar-refractivity contribution in [1.82, 2.24) is 10.2 Å². The summed E-state index contributed by atoms with van der Waals surface area (Å²) < 4.78 is 4.97. The number of hydrogen-bond acceptors (Lipinski definition) is 4. The second kappa shape index (κ2) is 3.33. The summed E-state index contributed by atoms with van der Waals surface area (Å²) in [7, 11) is 0. The molecule has 82 valence electrons. The third-order valence-corrected chi connectivity index (χ3v) is 2.95. The number of aromatic hydroxyl groups is 1. The minimum absolute atomic E-state index is 0.364. The molecular weight excluding hydrogens is 204 g/mol. The predicted octanol–water partition coefficient (Wildman–Crippen LogP) is 2.63. The van der Waals surface area contributed by atoms with Crippen molar-refractivity contribution in [3.63, 3.8) is 0 Å². The molecule has 2 aromatic rings. The summed E-state index contributed by atoms with van der Waals surface area (Å²) in [5.41, 5.74) is 3.51. The van der Waals surface area contributed by atoms with Crippen LogP contribution >= 0.6 is 0 Å². The van der Waals surface area contributed by atoms with Crippen LogP contribution in [0.1, 0.15) is 29.9 Å². The van der Waals surface area contributed by atoms with Gasteiger partial charge in [0.05, 0.1) is 0 Å². The van der Waals surface area contributed by atoms with Gasteiger partial charge in [-0.2, -0.15) is 0 Å². The Morgan fingerprint density at radius 3 is 2.69 bits per heavy atom. The van der Waals surface area contributed by atoms with Crippen molar-refractivity contribution in [2.24, 2.45) is 0 Å². The molecule has 3 rings (SSSR count). The topological polar surface area (TPSA) is 59.2 Å². The number of rotatable bonds is 2. The maximum Gasteiger partial charge on any atom is 0.412 e. The first-order valence-electron chi connectivity index (χ1n) is 5.37. The third kappa shape index (κ3) is 1.56. The van der Waals surface area contributed by atoms with Gasteiger partial charge < -0.3 is 9.52 Å². The second-order valence-electron chi connectivity index (χ2n) is 4.24. The van der Waals surface area contributed by atoms with E-state index < -0.39 is 0 Å². The first kappa shape index (κ1) is 9.39. The normalized spacial score (nSPS) is 15.3. The van der Waals surface area contributed by atoms with E-state index in [9.17, 15) is 0 Å². The van der Waals surface area contributed by atoms with E-state index in [2.05, 4.69) is 23.2 Å². The molecule has 1 saturated carbocycles. The minimum Gasteiger partial charge on any atom is -0.465 e. The Kier molecular flexibility index (Phi) is 1.96. The molecule has 0 unspecified atom stereocenters. The van der Waals surface area contributed by atoms with E-state index in [0.29, 0.717) is 5.89 Å². The lowest BCUT2D eigenvalue weighted by atomic mass is 10.0. The standard InChI is InChI=1S/C12H12N2O2/c1-7-6-9(11-13-14-12(15)16-11)4-5-10(7)8-2-3-8/h4-6,8H,2-3H2,1H3,(H,14,15). The number of aromatic nitrogens is 2. The average Bonchev–Trinajstić information content (AvgIpc) is 3.01. The number of benzene rings is 1. The lowest BCUT2D eigenvalue weighted by molar-refractivity contribution is 0.320. The Hall–Kier alpha value is -1.84. The van der Waals surface area contributed by atoms with Gasteiger partial charge in [0.15, 0.2) is 0 Å². The SMILES string of the molecule is Cc1cc(-c2nnc(O)o2)ccc1C1CC1. The highest BCUT2D eigenvalue weighted by Gasteiger charge is 2.25. The van der Waals surface area contributed by atoms with Crippen LogP contribution in [0.3, 0.4) is 0 Å². The first-order valence-corrected chi connectivity index (χ1v) is 5.37. The van der Waals surface area contributed by atoms with Gasteiger partial charge in [0.2, 0.25) is 0 Å². The monoisotopic (exact) mass is 216 g/mol. The van der Waals surface area contributed by atoms with Crippen LogP contribution in [0, 0.1) is 6.92 Å². The molecule has 16 heavy (non-hydrogen) atoms. The van der Waals surface area contributed by atoms with E-state index in [1.807, 2.05) is 12.1 Å². The van der Waals surface area contributed by atoms with E-state index in [1.165, 1.54) is 24.0 Å². The highest BCUT2D eigenvalue weighted by molar-refractivity contribution is 5.56. The maximum absolute atomic E-state index is 9.00. The molecule has 0 bridgehead atoms. The number of aryl methyl sites for hydroxylation is 1. The van der Waals surface area contributed by atoms with Gasteiger partial charge in [-0.3, -0.25) is 0 Å². The molecular formula is C12H12N2O2. The Morgan fingerprint density at radius 2 is 2.12 bits per heavy atom. The highest BCUT2D eigenvalue weighted by Crippen LogP contribution is 2.42. The largest absolute Gasteiger partial charge is 0.465 e. The summed E-state index contributed by atoms with van der Waals surface area (Å²) in [6, 6.07) is 6.11. The minimum atomic E-state index is -0.390. The molecule has 1 aliphatic rings. The Bertz CT molecular complexity index is 530. The van der Waals surface area contributed by atoms with Gasteiger partial charge in [0.1, 0.15) is 0 Å². The van der Waals surface area contributed by atoms with Crippen LogP contribution in [0.15, 0.2) is 22.6 Å². The second-order valence-corrected chi connectivity index (χ2v) is 4.24. The molecule has 1 fully saturated rings.